The normalized spacial score (nSPS) is 11.7. The standard InChI is InChI=1S/C15H15NO6S/c1-21-13-6-4-11(5-7-15(17)18)9-14(13)23(19,20)16-10-12-3-2-8-22-12/h2-9,16H,10H2,1H3,(H,17,18)/p-1. The van der Waals surface area contributed by atoms with Gasteiger partial charge in [-0.3, -0.25) is 0 Å². The number of hydrogen-bond acceptors (Lipinski definition) is 6. The average molecular weight is 336 g/mol. The molecule has 0 saturated carbocycles. The quantitative estimate of drug-likeness (QED) is 0.739. The second kappa shape index (κ2) is 7.12. The van der Waals surface area contributed by atoms with E-state index in [4.69, 9.17) is 9.15 Å². The molecular weight excluding hydrogens is 322 g/mol. The Bertz CT molecular complexity index is 808. The summed E-state index contributed by atoms with van der Waals surface area (Å²) in [4.78, 5) is 10.3. The number of rotatable bonds is 7. The van der Waals surface area contributed by atoms with E-state index < -0.39 is 16.0 Å². The third-order valence-corrected chi connectivity index (χ3v) is 4.33. The fourth-order valence-electron chi connectivity index (χ4n) is 1.83. The lowest BCUT2D eigenvalue weighted by molar-refractivity contribution is -0.297. The van der Waals surface area contributed by atoms with Crippen LogP contribution >= 0.6 is 0 Å². The topological polar surface area (TPSA) is 109 Å². The number of nitrogens with one attached hydrogen (secondary N) is 1. The molecule has 0 aliphatic heterocycles. The zero-order chi connectivity index (χ0) is 16.9. The van der Waals surface area contributed by atoms with Gasteiger partial charge in [0.25, 0.3) is 0 Å². The van der Waals surface area contributed by atoms with Crippen LogP contribution in [0.2, 0.25) is 0 Å². The lowest BCUT2D eigenvalue weighted by Crippen LogP contribution is -2.23. The molecule has 0 spiro atoms. The van der Waals surface area contributed by atoms with Crippen molar-refractivity contribution in [1.82, 2.24) is 4.72 Å². The summed E-state index contributed by atoms with van der Waals surface area (Å²) >= 11 is 0. The van der Waals surface area contributed by atoms with Crippen LogP contribution in [0.5, 0.6) is 5.75 Å². The fraction of sp³-hybridized carbons (Fsp3) is 0.133. The number of furan rings is 1. The lowest BCUT2D eigenvalue weighted by atomic mass is 10.2. The van der Waals surface area contributed by atoms with Gasteiger partial charge in [0.2, 0.25) is 10.0 Å². The van der Waals surface area contributed by atoms with Crippen molar-refractivity contribution in [3.8, 4) is 5.75 Å². The first-order valence-electron chi connectivity index (χ1n) is 6.51. The van der Waals surface area contributed by atoms with Gasteiger partial charge in [-0.1, -0.05) is 12.1 Å². The molecule has 122 valence electrons. The van der Waals surface area contributed by atoms with E-state index in [2.05, 4.69) is 4.72 Å². The largest absolute Gasteiger partial charge is 0.545 e. The average Bonchev–Trinajstić information content (AvgIpc) is 3.04. The number of ether oxygens (including phenoxy) is 1. The summed E-state index contributed by atoms with van der Waals surface area (Å²) < 4.78 is 37.3. The van der Waals surface area contributed by atoms with E-state index in [1.807, 2.05) is 0 Å². The predicted octanol–water partition coefficient (Wildman–Crippen LogP) is 0.530. The maximum Gasteiger partial charge on any atom is 0.244 e. The van der Waals surface area contributed by atoms with Crippen LogP contribution in [0.4, 0.5) is 0 Å². The summed E-state index contributed by atoms with van der Waals surface area (Å²) in [7, 11) is -2.53. The highest BCUT2D eigenvalue weighted by Crippen LogP contribution is 2.25. The molecule has 1 aromatic heterocycles. The van der Waals surface area contributed by atoms with Crippen LogP contribution < -0.4 is 14.6 Å². The minimum absolute atomic E-state index is 0.0163. The Morgan fingerprint density at radius 3 is 2.78 bits per heavy atom. The van der Waals surface area contributed by atoms with E-state index in [0.717, 1.165) is 6.08 Å². The smallest absolute Gasteiger partial charge is 0.244 e. The van der Waals surface area contributed by atoms with Gasteiger partial charge in [0.15, 0.2) is 0 Å². The Morgan fingerprint density at radius 2 is 2.17 bits per heavy atom. The van der Waals surface area contributed by atoms with Crippen molar-refractivity contribution in [2.45, 2.75) is 11.4 Å². The second-order valence-corrected chi connectivity index (χ2v) is 6.20. The van der Waals surface area contributed by atoms with Crippen LogP contribution in [0, 0.1) is 0 Å². The molecule has 0 radical (unpaired) electrons. The molecule has 0 atom stereocenters. The lowest BCUT2D eigenvalue weighted by Gasteiger charge is -2.11. The molecule has 0 amide bonds. The van der Waals surface area contributed by atoms with Crippen molar-refractivity contribution in [1.29, 1.82) is 0 Å². The van der Waals surface area contributed by atoms with Gasteiger partial charge < -0.3 is 19.1 Å². The molecule has 0 bridgehead atoms. The van der Waals surface area contributed by atoms with Gasteiger partial charge in [0.05, 0.1) is 25.9 Å². The van der Waals surface area contributed by atoms with Crippen LogP contribution in [-0.4, -0.2) is 21.5 Å². The van der Waals surface area contributed by atoms with E-state index in [1.54, 1.807) is 12.1 Å². The summed E-state index contributed by atoms with van der Waals surface area (Å²) in [5.41, 5.74) is 0.383. The molecule has 0 unspecified atom stereocenters. The third kappa shape index (κ3) is 4.44. The molecule has 23 heavy (non-hydrogen) atoms. The first-order valence-corrected chi connectivity index (χ1v) is 8.00. The molecule has 1 aromatic carbocycles. The number of carboxylic acid groups (broad SMARTS) is 1. The second-order valence-electron chi connectivity index (χ2n) is 4.47. The van der Waals surface area contributed by atoms with Crippen molar-refractivity contribution in [3.05, 3.63) is 54.0 Å². The summed E-state index contributed by atoms with van der Waals surface area (Å²) in [5.74, 6) is -0.774. The highest BCUT2D eigenvalue weighted by molar-refractivity contribution is 7.89. The molecule has 2 rings (SSSR count). The summed E-state index contributed by atoms with van der Waals surface area (Å²) in [6.45, 7) is -0.0163. The van der Waals surface area contributed by atoms with E-state index in [-0.39, 0.29) is 17.2 Å². The Kier molecular flexibility index (Phi) is 5.20. The number of sulfonamides is 1. The molecule has 7 nitrogen and oxygen atoms in total. The zero-order valence-electron chi connectivity index (χ0n) is 12.2. The minimum Gasteiger partial charge on any atom is -0.545 e. The minimum atomic E-state index is -3.87. The van der Waals surface area contributed by atoms with Gasteiger partial charge in [-0.25, -0.2) is 13.1 Å². The molecule has 1 N–H and O–H groups in total. The Balaban J connectivity index is 2.30. The SMILES string of the molecule is COc1ccc(C=CC(=O)[O-])cc1S(=O)(=O)NCc1ccco1. The highest BCUT2D eigenvalue weighted by atomic mass is 32.2. The number of aliphatic carboxylic acids is 1. The predicted molar refractivity (Wildman–Crippen MR) is 79.8 cm³/mol. The van der Waals surface area contributed by atoms with Gasteiger partial charge in [0, 0.05) is 0 Å². The molecule has 0 fully saturated rings. The van der Waals surface area contributed by atoms with E-state index in [0.29, 0.717) is 11.3 Å². The molecule has 0 saturated heterocycles. The van der Waals surface area contributed by atoms with Gasteiger partial charge in [-0.2, -0.15) is 0 Å². The van der Waals surface area contributed by atoms with E-state index >= 15 is 0 Å². The van der Waals surface area contributed by atoms with Crippen molar-refractivity contribution < 1.29 is 27.5 Å². The van der Waals surface area contributed by atoms with Crippen molar-refractivity contribution in [2.75, 3.05) is 7.11 Å². The maximum absolute atomic E-state index is 12.4. The number of methoxy groups -OCH3 is 1. The highest BCUT2D eigenvalue weighted by Gasteiger charge is 2.20. The molecule has 0 aliphatic carbocycles. The zero-order valence-corrected chi connectivity index (χ0v) is 13.0. The Labute approximate surface area is 133 Å². The number of hydrogen-bond donors (Lipinski definition) is 1. The number of carbonyl (C=O) groups is 1. The molecule has 8 heteroatoms. The van der Waals surface area contributed by atoms with Crippen molar-refractivity contribution in [2.24, 2.45) is 0 Å². The molecule has 0 aliphatic rings. The van der Waals surface area contributed by atoms with Crippen molar-refractivity contribution >= 4 is 22.1 Å². The molecular formula is C15H14NO6S-. The number of carboxylic acids is 1. The Hall–Kier alpha value is -2.58. The van der Waals surface area contributed by atoms with Gasteiger partial charge >= 0.3 is 0 Å². The van der Waals surface area contributed by atoms with Crippen LogP contribution in [0.25, 0.3) is 6.08 Å². The molecule has 2 aromatic rings. The van der Waals surface area contributed by atoms with Gasteiger partial charge in [-0.05, 0) is 35.9 Å². The van der Waals surface area contributed by atoms with Gasteiger partial charge in [0.1, 0.15) is 16.4 Å². The summed E-state index contributed by atoms with van der Waals surface area (Å²) in [6.07, 6.45) is 3.49. The van der Waals surface area contributed by atoms with Crippen molar-refractivity contribution in [3.63, 3.8) is 0 Å². The first-order chi connectivity index (χ1) is 10.9. The van der Waals surface area contributed by atoms with Crippen LogP contribution in [0.3, 0.4) is 0 Å². The maximum atomic E-state index is 12.4. The Morgan fingerprint density at radius 1 is 1.39 bits per heavy atom. The monoisotopic (exact) mass is 336 g/mol. The first kappa shape index (κ1) is 16.8. The van der Waals surface area contributed by atoms with Crippen LogP contribution in [0.15, 0.2) is 52.0 Å². The van der Waals surface area contributed by atoms with E-state index in [9.17, 15) is 18.3 Å². The van der Waals surface area contributed by atoms with Crippen LogP contribution in [0.1, 0.15) is 11.3 Å². The number of benzene rings is 1. The van der Waals surface area contributed by atoms with Gasteiger partial charge in [-0.15, -0.1) is 0 Å². The summed E-state index contributed by atoms with van der Waals surface area (Å²) in [5, 5.41) is 10.4. The fourth-order valence-corrected chi connectivity index (χ4v) is 3.02. The molecule has 1 heterocycles. The summed E-state index contributed by atoms with van der Waals surface area (Å²) in [6, 6.07) is 7.57. The number of carbonyl (C=O) groups excluding carboxylic acids is 1. The van der Waals surface area contributed by atoms with E-state index in [1.165, 1.54) is 37.6 Å². The third-order valence-electron chi connectivity index (χ3n) is 2.91. The van der Waals surface area contributed by atoms with Crippen LogP contribution in [-0.2, 0) is 21.4 Å².